The van der Waals surface area contributed by atoms with Crippen molar-refractivity contribution in [1.82, 2.24) is 4.72 Å². The van der Waals surface area contributed by atoms with Crippen LogP contribution in [0, 0.1) is 6.92 Å². The van der Waals surface area contributed by atoms with E-state index < -0.39 is 16.1 Å². The zero-order valence-electron chi connectivity index (χ0n) is 11.6. The maximum Gasteiger partial charge on any atom is 0.240 e. The second-order valence-electron chi connectivity index (χ2n) is 4.51. The fourth-order valence-electron chi connectivity index (χ4n) is 1.74. The Hall–Kier alpha value is -0.470. The molecule has 0 amide bonds. The molecule has 0 saturated heterocycles. The molecule has 1 aromatic carbocycles. The molecule has 20 heavy (non-hydrogen) atoms. The largest absolute Gasteiger partial charge is 0.397 e. The number of aliphatic hydroxyl groups excluding tert-OH is 1. The van der Waals surface area contributed by atoms with E-state index >= 15 is 0 Å². The first-order valence-electron chi connectivity index (χ1n) is 5.94. The Balaban J connectivity index is 3.06. The highest BCUT2D eigenvalue weighted by molar-refractivity contribution is 7.99. The highest BCUT2D eigenvalue weighted by Gasteiger charge is 2.23. The predicted molar refractivity (Wildman–Crippen MR) is 84.8 cm³/mol. The van der Waals surface area contributed by atoms with Crippen molar-refractivity contribution in [1.29, 1.82) is 0 Å². The lowest BCUT2D eigenvalue weighted by Gasteiger charge is -2.21. The lowest BCUT2D eigenvalue weighted by molar-refractivity contribution is 0.282. The van der Waals surface area contributed by atoms with Crippen LogP contribution in [0.25, 0.3) is 0 Å². The molecule has 0 aliphatic rings. The van der Waals surface area contributed by atoms with Crippen LogP contribution in [-0.4, -0.2) is 37.7 Å². The molecule has 0 spiro atoms. The third-order valence-electron chi connectivity index (χ3n) is 2.95. The molecule has 0 fully saturated rings. The summed E-state index contributed by atoms with van der Waals surface area (Å²) < 4.78 is 27.1. The fraction of sp³-hybridized carbons (Fsp3) is 0.500. The van der Waals surface area contributed by atoms with E-state index in [2.05, 4.69) is 4.72 Å². The topological polar surface area (TPSA) is 92.4 Å². The van der Waals surface area contributed by atoms with Crippen molar-refractivity contribution in [2.24, 2.45) is 0 Å². The van der Waals surface area contributed by atoms with Crippen LogP contribution in [0.15, 0.2) is 17.0 Å². The molecule has 0 aliphatic heterocycles. The summed E-state index contributed by atoms with van der Waals surface area (Å²) in [7, 11) is -3.70. The third kappa shape index (κ3) is 4.02. The van der Waals surface area contributed by atoms with Crippen LogP contribution < -0.4 is 10.5 Å². The molecule has 0 heterocycles. The van der Waals surface area contributed by atoms with Gasteiger partial charge in [0, 0.05) is 11.3 Å². The van der Waals surface area contributed by atoms with E-state index in [1.54, 1.807) is 13.8 Å². The minimum atomic E-state index is -3.70. The van der Waals surface area contributed by atoms with Crippen molar-refractivity contribution in [3.05, 3.63) is 22.7 Å². The van der Waals surface area contributed by atoms with Gasteiger partial charge in [0.15, 0.2) is 0 Å². The Morgan fingerprint density at radius 1 is 1.50 bits per heavy atom. The SMILES string of the molecule is CSC(CO)C(C)NS(=O)(=O)c1cc(C)c(Cl)c(N)c1. The Morgan fingerprint density at radius 2 is 2.10 bits per heavy atom. The molecule has 1 aromatic rings. The molecular weight excluding hydrogens is 320 g/mol. The summed E-state index contributed by atoms with van der Waals surface area (Å²) in [5.74, 6) is 0. The smallest absolute Gasteiger partial charge is 0.240 e. The summed E-state index contributed by atoms with van der Waals surface area (Å²) in [5.41, 5.74) is 6.52. The summed E-state index contributed by atoms with van der Waals surface area (Å²) in [5, 5.41) is 9.34. The average Bonchev–Trinajstić information content (AvgIpc) is 2.36. The number of aliphatic hydroxyl groups is 1. The van der Waals surface area contributed by atoms with E-state index in [-0.39, 0.29) is 22.4 Å². The second kappa shape index (κ2) is 7.00. The monoisotopic (exact) mass is 338 g/mol. The molecule has 0 bridgehead atoms. The highest BCUT2D eigenvalue weighted by Crippen LogP contribution is 2.27. The molecule has 114 valence electrons. The molecule has 4 N–H and O–H groups in total. The number of nitrogen functional groups attached to an aromatic ring is 1. The maximum atomic E-state index is 12.3. The Bertz CT molecular complexity index is 551. The number of anilines is 1. The molecule has 0 aromatic heterocycles. The van der Waals surface area contributed by atoms with Crippen molar-refractivity contribution < 1.29 is 13.5 Å². The number of rotatable bonds is 6. The number of hydrogen-bond donors (Lipinski definition) is 3. The number of nitrogens with one attached hydrogen (secondary N) is 1. The van der Waals surface area contributed by atoms with Gasteiger partial charge in [-0.2, -0.15) is 11.8 Å². The van der Waals surface area contributed by atoms with Crippen LogP contribution in [0.1, 0.15) is 12.5 Å². The first-order chi connectivity index (χ1) is 9.22. The average molecular weight is 339 g/mol. The van der Waals surface area contributed by atoms with Gasteiger partial charge in [-0.25, -0.2) is 13.1 Å². The number of benzene rings is 1. The van der Waals surface area contributed by atoms with E-state index in [4.69, 9.17) is 17.3 Å². The lowest BCUT2D eigenvalue weighted by Crippen LogP contribution is -2.41. The van der Waals surface area contributed by atoms with E-state index in [0.29, 0.717) is 10.6 Å². The van der Waals surface area contributed by atoms with Gasteiger partial charge in [-0.05, 0) is 37.8 Å². The quantitative estimate of drug-likeness (QED) is 0.685. The molecule has 1 rings (SSSR count). The van der Waals surface area contributed by atoms with E-state index in [1.807, 2.05) is 6.26 Å². The van der Waals surface area contributed by atoms with Crippen molar-refractivity contribution in [2.45, 2.75) is 30.0 Å². The minimum absolute atomic E-state index is 0.0709. The van der Waals surface area contributed by atoms with Gasteiger partial charge in [0.05, 0.1) is 22.2 Å². The fourth-order valence-corrected chi connectivity index (χ4v) is 3.97. The number of halogens is 1. The Kier molecular flexibility index (Phi) is 6.15. The van der Waals surface area contributed by atoms with Crippen molar-refractivity contribution in [3.8, 4) is 0 Å². The zero-order valence-corrected chi connectivity index (χ0v) is 13.9. The van der Waals surface area contributed by atoms with Crippen LogP contribution in [0.3, 0.4) is 0 Å². The van der Waals surface area contributed by atoms with Crippen LogP contribution in [0.4, 0.5) is 5.69 Å². The summed E-state index contributed by atoms with van der Waals surface area (Å²) >= 11 is 7.32. The number of thioether (sulfide) groups is 1. The van der Waals surface area contributed by atoms with Crippen molar-refractivity contribution >= 4 is 39.1 Å². The number of sulfonamides is 1. The molecule has 0 saturated carbocycles. The summed E-state index contributed by atoms with van der Waals surface area (Å²) in [6.07, 6.45) is 1.82. The van der Waals surface area contributed by atoms with E-state index in [1.165, 1.54) is 23.9 Å². The summed E-state index contributed by atoms with van der Waals surface area (Å²) in [6.45, 7) is 3.30. The maximum absolute atomic E-state index is 12.3. The Labute approximate surface area is 128 Å². The van der Waals surface area contributed by atoms with Crippen LogP contribution in [0.2, 0.25) is 5.02 Å². The van der Waals surface area contributed by atoms with Gasteiger partial charge in [-0.3, -0.25) is 0 Å². The van der Waals surface area contributed by atoms with Crippen molar-refractivity contribution in [3.63, 3.8) is 0 Å². The normalized spacial score (nSPS) is 15.1. The van der Waals surface area contributed by atoms with Gasteiger partial charge < -0.3 is 10.8 Å². The van der Waals surface area contributed by atoms with Gasteiger partial charge in [0.25, 0.3) is 0 Å². The number of nitrogens with two attached hydrogens (primary N) is 1. The first-order valence-corrected chi connectivity index (χ1v) is 9.09. The molecule has 0 aliphatic carbocycles. The summed E-state index contributed by atoms with van der Waals surface area (Å²) in [4.78, 5) is 0.0709. The van der Waals surface area contributed by atoms with Crippen LogP contribution in [0.5, 0.6) is 0 Å². The van der Waals surface area contributed by atoms with Gasteiger partial charge in [-0.15, -0.1) is 0 Å². The molecule has 0 radical (unpaired) electrons. The lowest BCUT2D eigenvalue weighted by atomic mass is 10.2. The first kappa shape index (κ1) is 17.6. The zero-order chi connectivity index (χ0) is 15.5. The van der Waals surface area contributed by atoms with Gasteiger partial charge >= 0.3 is 0 Å². The minimum Gasteiger partial charge on any atom is -0.397 e. The number of aryl methyl sites for hydroxylation is 1. The second-order valence-corrected chi connectivity index (χ2v) is 7.68. The molecule has 5 nitrogen and oxygen atoms in total. The van der Waals surface area contributed by atoms with Crippen LogP contribution >= 0.6 is 23.4 Å². The Morgan fingerprint density at radius 3 is 2.55 bits per heavy atom. The van der Waals surface area contributed by atoms with E-state index in [0.717, 1.165) is 0 Å². The van der Waals surface area contributed by atoms with Crippen molar-refractivity contribution in [2.75, 3.05) is 18.6 Å². The van der Waals surface area contributed by atoms with Gasteiger partial charge in [-0.1, -0.05) is 11.6 Å². The molecule has 2 atom stereocenters. The molecule has 8 heteroatoms. The standard InChI is InChI=1S/C12H19ClN2O3S2/c1-7-4-9(5-10(14)12(7)13)20(17,18)15-8(2)11(6-16)19-3/h4-5,8,11,15-16H,6,14H2,1-3H3. The molecular formula is C12H19ClN2O3S2. The van der Waals surface area contributed by atoms with Gasteiger partial charge in [0.1, 0.15) is 0 Å². The molecule has 2 unspecified atom stereocenters. The van der Waals surface area contributed by atoms with Crippen LogP contribution in [-0.2, 0) is 10.0 Å². The van der Waals surface area contributed by atoms with E-state index in [9.17, 15) is 13.5 Å². The summed E-state index contributed by atoms with van der Waals surface area (Å²) in [6, 6.07) is 2.40. The predicted octanol–water partition coefficient (Wildman–Crippen LogP) is 1.62. The van der Waals surface area contributed by atoms with Gasteiger partial charge in [0.2, 0.25) is 10.0 Å². The highest BCUT2D eigenvalue weighted by atomic mass is 35.5. The third-order valence-corrected chi connectivity index (χ3v) is 6.17. The number of hydrogen-bond acceptors (Lipinski definition) is 5.